The second-order valence-electron chi connectivity index (χ2n) is 6.68. The molecule has 0 aliphatic carbocycles. The van der Waals surface area contributed by atoms with Crippen molar-refractivity contribution in [2.75, 3.05) is 46.8 Å². The van der Waals surface area contributed by atoms with Crippen LogP contribution in [-0.4, -0.2) is 79.6 Å². The molecule has 2 aliphatic rings. The second-order valence-corrected chi connectivity index (χ2v) is 6.68. The Morgan fingerprint density at radius 1 is 1.24 bits per heavy atom. The smallest absolute Gasteiger partial charge is 0.319 e. The number of hydrogen-bond donors (Lipinski definition) is 1. The van der Waals surface area contributed by atoms with Crippen LogP contribution in [-0.2, 0) is 0 Å². The van der Waals surface area contributed by atoms with Gasteiger partial charge in [-0.1, -0.05) is 6.92 Å². The number of carbonyl (C=O) groups excluding carboxylic acids is 1. The molecule has 2 aliphatic heterocycles. The van der Waals surface area contributed by atoms with Crippen LogP contribution in [0.3, 0.4) is 0 Å². The zero-order valence-electron chi connectivity index (χ0n) is 14.0. The molecule has 0 aromatic carbocycles. The molecule has 0 aromatic heterocycles. The lowest BCUT2D eigenvalue weighted by Gasteiger charge is -2.40. The maximum atomic E-state index is 12.0. The van der Waals surface area contributed by atoms with Gasteiger partial charge in [0.15, 0.2) is 0 Å². The predicted molar refractivity (Wildman–Crippen MR) is 86.6 cm³/mol. The zero-order chi connectivity index (χ0) is 15.2. The number of hydrogen-bond acceptors (Lipinski definition) is 3. The van der Waals surface area contributed by atoms with Crippen molar-refractivity contribution in [2.24, 2.45) is 0 Å². The van der Waals surface area contributed by atoms with Crippen LogP contribution in [0.25, 0.3) is 0 Å². The molecule has 5 nitrogen and oxygen atoms in total. The Morgan fingerprint density at radius 2 is 1.95 bits per heavy atom. The first-order valence-corrected chi connectivity index (χ1v) is 8.55. The molecule has 2 heterocycles. The third-order valence-electron chi connectivity index (χ3n) is 4.76. The largest absolute Gasteiger partial charge is 0.331 e. The molecule has 5 heteroatoms. The highest BCUT2D eigenvalue weighted by Gasteiger charge is 2.29. The van der Waals surface area contributed by atoms with Crippen LogP contribution in [0, 0.1) is 0 Å². The van der Waals surface area contributed by atoms with Crippen molar-refractivity contribution in [2.45, 2.75) is 51.1 Å². The van der Waals surface area contributed by atoms with Crippen LogP contribution in [0.1, 0.15) is 39.0 Å². The number of likely N-dealkylation sites (tertiary alicyclic amines) is 1. The lowest BCUT2D eigenvalue weighted by molar-refractivity contribution is 0.101. The molecule has 0 spiro atoms. The number of urea groups is 1. The number of rotatable bonds is 5. The van der Waals surface area contributed by atoms with Gasteiger partial charge >= 0.3 is 6.03 Å². The number of carbonyl (C=O) groups is 1. The van der Waals surface area contributed by atoms with Gasteiger partial charge in [-0.2, -0.15) is 0 Å². The fourth-order valence-electron chi connectivity index (χ4n) is 3.61. The van der Waals surface area contributed by atoms with Gasteiger partial charge in [-0.15, -0.1) is 0 Å². The van der Waals surface area contributed by atoms with Crippen molar-refractivity contribution in [3.05, 3.63) is 0 Å². The number of amides is 2. The summed E-state index contributed by atoms with van der Waals surface area (Å²) in [5.74, 6) is 0. The highest BCUT2D eigenvalue weighted by Crippen LogP contribution is 2.19. The summed E-state index contributed by atoms with van der Waals surface area (Å²) in [6.45, 7) is 7.62. The van der Waals surface area contributed by atoms with Crippen LogP contribution >= 0.6 is 0 Å². The summed E-state index contributed by atoms with van der Waals surface area (Å²) < 4.78 is 0. The zero-order valence-corrected chi connectivity index (χ0v) is 14.0. The number of piperidine rings is 1. The van der Waals surface area contributed by atoms with Gasteiger partial charge in [0.2, 0.25) is 0 Å². The first kappa shape index (κ1) is 16.6. The summed E-state index contributed by atoms with van der Waals surface area (Å²) in [6, 6.07) is 1.49. The first-order valence-electron chi connectivity index (χ1n) is 8.55. The van der Waals surface area contributed by atoms with Crippen LogP contribution in [0.2, 0.25) is 0 Å². The molecule has 0 radical (unpaired) electrons. The second kappa shape index (κ2) is 7.99. The summed E-state index contributed by atoms with van der Waals surface area (Å²) in [7, 11) is 3.67. The van der Waals surface area contributed by atoms with E-state index in [2.05, 4.69) is 17.1 Å². The molecule has 21 heavy (non-hydrogen) atoms. The van der Waals surface area contributed by atoms with Crippen LogP contribution in [0.15, 0.2) is 0 Å². The van der Waals surface area contributed by atoms with E-state index in [1.54, 1.807) is 4.90 Å². The summed E-state index contributed by atoms with van der Waals surface area (Å²) in [4.78, 5) is 18.4. The van der Waals surface area contributed by atoms with E-state index in [1.807, 2.05) is 19.0 Å². The van der Waals surface area contributed by atoms with Crippen molar-refractivity contribution in [3.8, 4) is 0 Å². The fourth-order valence-corrected chi connectivity index (χ4v) is 3.61. The lowest BCUT2D eigenvalue weighted by atomic mass is 10.0. The fraction of sp³-hybridized carbons (Fsp3) is 0.938. The van der Waals surface area contributed by atoms with Crippen molar-refractivity contribution in [1.82, 2.24) is 20.0 Å². The minimum Gasteiger partial charge on any atom is -0.331 e. The average molecular weight is 296 g/mol. The van der Waals surface area contributed by atoms with Gasteiger partial charge in [-0.25, -0.2) is 4.79 Å². The lowest BCUT2D eigenvalue weighted by Crippen LogP contribution is -2.51. The summed E-state index contributed by atoms with van der Waals surface area (Å²) >= 11 is 0. The van der Waals surface area contributed by atoms with Gasteiger partial charge in [0.1, 0.15) is 0 Å². The molecule has 2 amide bonds. The Bertz CT molecular complexity index is 320. The maximum absolute atomic E-state index is 12.0. The molecule has 122 valence electrons. The molecule has 2 saturated heterocycles. The molecule has 0 bridgehead atoms. The topological polar surface area (TPSA) is 38.8 Å². The van der Waals surface area contributed by atoms with Gasteiger partial charge in [0.25, 0.3) is 0 Å². The molecule has 1 N–H and O–H groups in total. The van der Waals surface area contributed by atoms with Crippen molar-refractivity contribution < 1.29 is 4.79 Å². The molecule has 2 rings (SSSR count). The van der Waals surface area contributed by atoms with Gasteiger partial charge in [0, 0.05) is 45.8 Å². The Morgan fingerprint density at radius 3 is 2.48 bits per heavy atom. The highest BCUT2D eigenvalue weighted by atomic mass is 16.2. The molecule has 2 fully saturated rings. The van der Waals surface area contributed by atoms with Gasteiger partial charge in [-0.3, -0.25) is 4.90 Å². The Labute approximate surface area is 129 Å². The minimum absolute atomic E-state index is 0.160. The van der Waals surface area contributed by atoms with Crippen LogP contribution in [0.5, 0.6) is 0 Å². The molecule has 1 atom stereocenters. The third kappa shape index (κ3) is 4.58. The van der Waals surface area contributed by atoms with E-state index >= 15 is 0 Å². The van der Waals surface area contributed by atoms with Gasteiger partial charge in [0.05, 0.1) is 0 Å². The molecular weight excluding hydrogens is 264 g/mol. The normalized spacial score (nSPS) is 23.8. The minimum atomic E-state index is 0.160. The van der Waals surface area contributed by atoms with Crippen molar-refractivity contribution in [3.63, 3.8) is 0 Å². The molecule has 1 unspecified atom stereocenters. The van der Waals surface area contributed by atoms with E-state index in [9.17, 15) is 4.79 Å². The Kier molecular flexibility index (Phi) is 6.30. The SMILES string of the molecule is CCCN(CC1CCCN1)C1CCN(C(=O)N(C)C)CC1. The third-order valence-corrected chi connectivity index (χ3v) is 4.76. The maximum Gasteiger partial charge on any atom is 0.319 e. The highest BCUT2D eigenvalue weighted by molar-refractivity contribution is 5.73. The van der Waals surface area contributed by atoms with Gasteiger partial charge < -0.3 is 15.1 Å². The molecular formula is C16H32N4O. The van der Waals surface area contributed by atoms with E-state index in [0.717, 1.165) is 25.9 Å². The van der Waals surface area contributed by atoms with E-state index in [-0.39, 0.29) is 6.03 Å². The van der Waals surface area contributed by atoms with Crippen LogP contribution in [0.4, 0.5) is 4.79 Å². The predicted octanol–water partition coefficient (Wildman–Crippen LogP) is 1.60. The summed E-state index contributed by atoms with van der Waals surface area (Å²) in [6.07, 6.45) is 6.08. The average Bonchev–Trinajstić information content (AvgIpc) is 2.99. The van der Waals surface area contributed by atoms with Crippen molar-refractivity contribution >= 4 is 6.03 Å². The monoisotopic (exact) mass is 296 g/mol. The molecule has 0 saturated carbocycles. The quantitative estimate of drug-likeness (QED) is 0.837. The van der Waals surface area contributed by atoms with E-state index < -0.39 is 0 Å². The van der Waals surface area contributed by atoms with Gasteiger partial charge in [-0.05, 0) is 45.2 Å². The summed E-state index contributed by atoms with van der Waals surface area (Å²) in [5, 5.41) is 3.61. The standard InChI is InChI=1S/C16H32N4O/c1-4-10-20(13-14-6-5-9-17-14)15-7-11-19(12-8-15)16(21)18(2)3/h14-15,17H,4-13H2,1-3H3. The number of nitrogens with zero attached hydrogens (tertiary/aromatic N) is 3. The molecule has 0 aromatic rings. The summed E-state index contributed by atoms with van der Waals surface area (Å²) in [5.41, 5.74) is 0. The van der Waals surface area contributed by atoms with E-state index in [1.165, 1.54) is 38.9 Å². The first-order chi connectivity index (χ1) is 10.1. The number of nitrogens with one attached hydrogen (secondary N) is 1. The Hall–Kier alpha value is -0.810. The van der Waals surface area contributed by atoms with Crippen LogP contribution < -0.4 is 5.32 Å². The van der Waals surface area contributed by atoms with Crippen molar-refractivity contribution in [1.29, 1.82) is 0 Å². The van der Waals surface area contributed by atoms with E-state index in [0.29, 0.717) is 12.1 Å². The van der Waals surface area contributed by atoms with E-state index in [4.69, 9.17) is 0 Å². The Balaban J connectivity index is 1.83.